The molecular formula is C9H13N3O. The maximum absolute atomic E-state index is 11.4. The Kier molecular flexibility index (Phi) is 1.73. The van der Waals surface area contributed by atoms with Crippen molar-refractivity contribution in [2.24, 2.45) is 0 Å². The van der Waals surface area contributed by atoms with Crippen LogP contribution in [0.5, 0.6) is 0 Å². The number of hydrogen-bond donors (Lipinski definition) is 2. The highest BCUT2D eigenvalue weighted by Gasteiger charge is 2.29. The zero-order valence-electron chi connectivity index (χ0n) is 7.85. The number of fused-ring (bicyclic) bond motifs is 1. The Labute approximate surface area is 76.4 Å². The zero-order chi connectivity index (χ0) is 9.47. The lowest BCUT2D eigenvalue weighted by molar-refractivity contribution is 0.418. The first-order valence-electron chi connectivity index (χ1n) is 4.39. The molecule has 4 heteroatoms. The van der Waals surface area contributed by atoms with Gasteiger partial charge in [0.25, 0.3) is 5.56 Å². The normalized spacial score (nSPS) is 19.5. The lowest BCUT2D eigenvalue weighted by atomic mass is 9.84. The van der Waals surface area contributed by atoms with E-state index in [0.29, 0.717) is 6.54 Å². The fraction of sp³-hybridized carbons (Fsp3) is 0.556. The maximum Gasteiger partial charge on any atom is 0.255 e. The molecule has 2 heterocycles. The molecule has 0 saturated carbocycles. The van der Waals surface area contributed by atoms with Crippen LogP contribution in [-0.2, 0) is 12.0 Å². The molecule has 0 unspecified atom stereocenters. The first kappa shape index (κ1) is 8.44. The van der Waals surface area contributed by atoms with Crippen LogP contribution in [-0.4, -0.2) is 16.5 Å². The topological polar surface area (TPSA) is 57.8 Å². The fourth-order valence-corrected chi connectivity index (χ4v) is 1.76. The van der Waals surface area contributed by atoms with Crippen molar-refractivity contribution in [2.75, 3.05) is 6.54 Å². The van der Waals surface area contributed by atoms with E-state index in [2.05, 4.69) is 29.1 Å². The van der Waals surface area contributed by atoms with E-state index in [0.717, 1.165) is 17.8 Å². The minimum atomic E-state index is -0.0398. The van der Waals surface area contributed by atoms with Crippen molar-refractivity contribution in [3.8, 4) is 0 Å². The van der Waals surface area contributed by atoms with Gasteiger partial charge in [-0.15, -0.1) is 0 Å². The molecule has 0 saturated heterocycles. The summed E-state index contributed by atoms with van der Waals surface area (Å²) in [6, 6.07) is 0. The van der Waals surface area contributed by atoms with Crippen molar-refractivity contribution in [1.82, 2.24) is 15.3 Å². The molecule has 13 heavy (non-hydrogen) atoms. The second kappa shape index (κ2) is 2.67. The number of aromatic amines is 1. The Morgan fingerprint density at radius 3 is 3.00 bits per heavy atom. The predicted octanol–water partition coefficient (Wildman–Crippen LogP) is 0.151. The molecule has 0 aliphatic carbocycles. The van der Waals surface area contributed by atoms with Gasteiger partial charge in [0.05, 0.1) is 17.6 Å². The Hall–Kier alpha value is -1.16. The van der Waals surface area contributed by atoms with E-state index < -0.39 is 0 Å². The largest absolute Gasteiger partial charge is 0.313 e. The highest BCUT2D eigenvalue weighted by Crippen LogP contribution is 2.24. The molecule has 1 aliphatic heterocycles. The van der Waals surface area contributed by atoms with E-state index in [-0.39, 0.29) is 11.0 Å². The summed E-state index contributed by atoms with van der Waals surface area (Å²) in [5, 5.41) is 3.21. The van der Waals surface area contributed by atoms with E-state index in [9.17, 15) is 4.79 Å². The summed E-state index contributed by atoms with van der Waals surface area (Å²) in [6.45, 7) is 5.67. The minimum Gasteiger partial charge on any atom is -0.313 e. The van der Waals surface area contributed by atoms with Crippen LogP contribution in [0.4, 0.5) is 0 Å². The molecule has 70 valence electrons. The van der Waals surface area contributed by atoms with Crippen LogP contribution in [0.2, 0.25) is 0 Å². The number of aromatic nitrogens is 2. The lowest BCUT2D eigenvalue weighted by Gasteiger charge is -2.30. The van der Waals surface area contributed by atoms with Gasteiger partial charge in [-0.05, 0) is 0 Å². The number of hydrogen-bond acceptors (Lipinski definition) is 3. The van der Waals surface area contributed by atoms with E-state index in [4.69, 9.17) is 0 Å². The molecule has 0 aromatic carbocycles. The van der Waals surface area contributed by atoms with Crippen molar-refractivity contribution in [2.45, 2.75) is 25.8 Å². The van der Waals surface area contributed by atoms with Gasteiger partial charge in [-0.3, -0.25) is 4.79 Å². The molecule has 2 rings (SSSR count). The summed E-state index contributed by atoms with van der Waals surface area (Å²) in [5.74, 6) is 0. The third-order valence-corrected chi connectivity index (χ3v) is 2.46. The third kappa shape index (κ3) is 1.27. The van der Waals surface area contributed by atoms with Crippen LogP contribution >= 0.6 is 0 Å². The Morgan fingerprint density at radius 2 is 2.31 bits per heavy atom. The number of nitrogens with one attached hydrogen (secondary N) is 2. The van der Waals surface area contributed by atoms with Gasteiger partial charge in [-0.1, -0.05) is 13.8 Å². The van der Waals surface area contributed by atoms with Crippen LogP contribution in [0.3, 0.4) is 0 Å². The summed E-state index contributed by atoms with van der Waals surface area (Å²) < 4.78 is 0. The van der Waals surface area contributed by atoms with Crippen molar-refractivity contribution < 1.29 is 0 Å². The summed E-state index contributed by atoms with van der Waals surface area (Å²) >= 11 is 0. The average Bonchev–Trinajstić information content (AvgIpc) is 2.06. The second-order valence-electron chi connectivity index (χ2n) is 4.05. The number of nitrogens with zero attached hydrogens (tertiary/aromatic N) is 1. The van der Waals surface area contributed by atoms with E-state index >= 15 is 0 Å². The van der Waals surface area contributed by atoms with Gasteiger partial charge < -0.3 is 10.3 Å². The summed E-state index contributed by atoms with van der Waals surface area (Å²) in [7, 11) is 0. The number of H-pyrrole nitrogens is 1. The van der Waals surface area contributed by atoms with Crippen LogP contribution in [0.15, 0.2) is 11.1 Å². The van der Waals surface area contributed by atoms with Gasteiger partial charge in [-0.2, -0.15) is 0 Å². The van der Waals surface area contributed by atoms with Crippen molar-refractivity contribution in [3.63, 3.8) is 0 Å². The highest BCUT2D eigenvalue weighted by atomic mass is 16.1. The van der Waals surface area contributed by atoms with E-state index in [1.165, 1.54) is 6.33 Å². The predicted molar refractivity (Wildman–Crippen MR) is 49.6 cm³/mol. The Bertz CT molecular complexity index is 381. The molecule has 1 aromatic rings. The molecule has 0 bridgehead atoms. The summed E-state index contributed by atoms with van der Waals surface area (Å²) in [4.78, 5) is 18.2. The monoisotopic (exact) mass is 179 g/mol. The summed E-state index contributed by atoms with van der Waals surface area (Å²) in [5.41, 5.74) is 1.64. The van der Waals surface area contributed by atoms with E-state index in [1.807, 2.05) is 0 Å². The lowest BCUT2D eigenvalue weighted by Crippen LogP contribution is -2.42. The van der Waals surface area contributed by atoms with Crippen molar-refractivity contribution in [3.05, 3.63) is 27.9 Å². The maximum atomic E-state index is 11.4. The van der Waals surface area contributed by atoms with Gasteiger partial charge in [-0.25, -0.2) is 4.98 Å². The third-order valence-electron chi connectivity index (χ3n) is 2.46. The van der Waals surface area contributed by atoms with E-state index in [1.54, 1.807) is 0 Å². The molecule has 1 aliphatic rings. The van der Waals surface area contributed by atoms with Gasteiger partial charge in [0.1, 0.15) is 0 Å². The summed E-state index contributed by atoms with van der Waals surface area (Å²) in [6.07, 6.45) is 1.48. The van der Waals surface area contributed by atoms with Crippen molar-refractivity contribution >= 4 is 0 Å². The quantitative estimate of drug-likeness (QED) is 0.596. The Morgan fingerprint density at radius 1 is 1.54 bits per heavy atom. The van der Waals surface area contributed by atoms with Gasteiger partial charge in [0.2, 0.25) is 0 Å². The van der Waals surface area contributed by atoms with Crippen LogP contribution in [0.1, 0.15) is 25.1 Å². The van der Waals surface area contributed by atoms with Crippen LogP contribution < -0.4 is 10.9 Å². The molecule has 0 amide bonds. The van der Waals surface area contributed by atoms with Gasteiger partial charge in [0.15, 0.2) is 0 Å². The SMILES string of the molecule is CC1(C)CNCc2c1nc[nH]c2=O. The smallest absolute Gasteiger partial charge is 0.255 e. The second-order valence-corrected chi connectivity index (χ2v) is 4.05. The standard InChI is InChI=1S/C9H13N3O/c1-9(2)4-10-3-6-7(9)11-5-12-8(6)13/h5,10H,3-4H2,1-2H3,(H,11,12,13). The van der Waals surface area contributed by atoms with Gasteiger partial charge >= 0.3 is 0 Å². The van der Waals surface area contributed by atoms with Crippen LogP contribution in [0, 0.1) is 0 Å². The molecular weight excluding hydrogens is 166 g/mol. The first-order chi connectivity index (χ1) is 6.11. The first-order valence-corrected chi connectivity index (χ1v) is 4.39. The average molecular weight is 179 g/mol. The zero-order valence-corrected chi connectivity index (χ0v) is 7.85. The molecule has 0 fully saturated rings. The molecule has 0 atom stereocenters. The Balaban J connectivity index is 2.65. The molecule has 1 aromatic heterocycles. The minimum absolute atomic E-state index is 0.0229. The van der Waals surface area contributed by atoms with Gasteiger partial charge in [0, 0.05) is 18.5 Å². The molecule has 2 N–H and O–H groups in total. The number of rotatable bonds is 0. The highest BCUT2D eigenvalue weighted by molar-refractivity contribution is 5.26. The molecule has 0 radical (unpaired) electrons. The molecule has 4 nitrogen and oxygen atoms in total. The molecule has 0 spiro atoms. The van der Waals surface area contributed by atoms with Crippen LogP contribution in [0.25, 0.3) is 0 Å². The fourth-order valence-electron chi connectivity index (χ4n) is 1.76. The van der Waals surface area contributed by atoms with Crippen molar-refractivity contribution in [1.29, 1.82) is 0 Å².